The van der Waals surface area contributed by atoms with Crippen LogP contribution in [-0.4, -0.2) is 17.0 Å². The molecule has 2 rings (SSSR count). The van der Waals surface area contributed by atoms with Crippen LogP contribution in [0.5, 0.6) is 0 Å². The molecule has 7 nitrogen and oxygen atoms in total. The lowest BCUT2D eigenvalue weighted by Gasteiger charge is -2.09. The number of hydrogen-bond donors (Lipinski definition) is 0. The first-order valence-electron chi connectivity index (χ1n) is 7.62. The van der Waals surface area contributed by atoms with E-state index in [4.69, 9.17) is 14.4 Å². The van der Waals surface area contributed by atoms with Gasteiger partial charge in [-0.15, -0.1) is 0 Å². The maximum atomic E-state index is 11.9. The van der Waals surface area contributed by atoms with Crippen molar-refractivity contribution in [3.8, 4) is 17.4 Å². The number of nitriles is 1. The molecule has 0 unspecified atom stereocenters. The molecule has 7 heteroatoms. The first-order chi connectivity index (χ1) is 11.9. The second-order valence-corrected chi connectivity index (χ2v) is 5.30. The Morgan fingerprint density at radius 2 is 2.04 bits per heavy atom. The number of carbonyl (C=O) groups is 1. The largest absolute Gasteiger partial charge is 0.459 e. The standard InChI is InChI=1S/C18H16N2O5/c1-3-12(2)24-18(21)14(11-19)10-16-8-9-17(25-16)13-4-6-15(7-5-13)20(22)23/h4-10,12H,3H2,1-2H3/b14-10-/t12-/m1/s1. The van der Waals surface area contributed by atoms with Crippen LogP contribution in [0.15, 0.2) is 46.4 Å². The number of esters is 1. The lowest BCUT2D eigenvalue weighted by atomic mass is 10.1. The summed E-state index contributed by atoms with van der Waals surface area (Å²) in [6.07, 6.45) is 1.67. The van der Waals surface area contributed by atoms with Crippen LogP contribution in [0.25, 0.3) is 17.4 Å². The van der Waals surface area contributed by atoms with Gasteiger partial charge in [-0.1, -0.05) is 6.92 Å². The Labute approximate surface area is 144 Å². The van der Waals surface area contributed by atoms with Gasteiger partial charge in [0.2, 0.25) is 0 Å². The summed E-state index contributed by atoms with van der Waals surface area (Å²) in [6.45, 7) is 3.61. The number of carbonyl (C=O) groups excluding carboxylic acids is 1. The maximum Gasteiger partial charge on any atom is 0.349 e. The minimum Gasteiger partial charge on any atom is -0.459 e. The zero-order chi connectivity index (χ0) is 18.4. The number of hydrogen-bond acceptors (Lipinski definition) is 6. The summed E-state index contributed by atoms with van der Waals surface area (Å²) >= 11 is 0. The Balaban J connectivity index is 2.20. The van der Waals surface area contributed by atoms with Crippen LogP contribution >= 0.6 is 0 Å². The van der Waals surface area contributed by atoms with Crippen LogP contribution in [0.4, 0.5) is 5.69 Å². The van der Waals surface area contributed by atoms with Crippen molar-refractivity contribution in [3.05, 3.63) is 57.8 Å². The van der Waals surface area contributed by atoms with E-state index in [1.54, 1.807) is 37.3 Å². The van der Waals surface area contributed by atoms with E-state index in [0.717, 1.165) is 0 Å². The zero-order valence-electron chi connectivity index (χ0n) is 13.8. The van der Waals surface area contributed by atoms with E-state index in [0.29, 0.717) is 23.5 Å². The monoisotopic (exact) mass is 340 g/mol. The molecule has 0 saturated heterocycles. The maximum absolute atomic E-state index is 11.9. The molecule has 1 atom stereocenters. The van der Waals surface area contributed by atoms with Crippen LogP contribution in [-0.2, 0) is 9.53 Å². The average Bonchev–Trinajstić information content (AvgIpc) is 3.08. The number of non-ortho nitro benzene ring substituents is 1. The molecule has 1 aromatic heterocycles. The highest BCUT2D eigenvalue weighted by Gasteiger charge is 2.15. The van der Waals surface area contributed by atoms with E-state index in [1.165, 1.54) is 18.2 Å². The quantitative estimate of drug-likeness (QED) is 0.257. The number of rotatable bonds is 6. The molecule has 1 heterocycles. The third-order valence-electron chi connectivity index (χ3n) is 3.50. The Morgan fingerprint density at radius 3 is 2.60 bits per heavy atom. The van der Waals surface area contributed by atoms with Crippen LogP contribution in [0.2, 0.25) is 0 Å². The van der Waals surface area contributed by atoms with Crippen molar-refractivity contribution in [1.29, 1.82) is 5.26 Å². The number of nitro groups is 1. The Hall–Kier alpha value is -3.40. The zero-order valence-corrected chi connectivity index (χ0v) is 13.8. The van der Waals surface area contributed by atoms with Gasteiger partial charge < -0.3 is 9.15 Å². The molecule has 0 radical (unpaired) electrons. The molecule has 128 valence electrons. The average molecular weight is 340 g/mol. The lowest BCUT2D eigenvalue weighted by molar-refractivity contribution is -0.384. The van der Waals surface area contributed by atoms with E-state index < -0.39 is 10.9 Å². The number of nitro benzene ring substituents is 1. The molecule has 25 heavy (non-hydrogen) atoms. The van der Waals surface area contributed by atoms with Gasteiger partial charge in [-0.3, -0.25) is 10.1 Å². The Kier molecular flexibility index (Phi) is 5.69. The number of ether oxygens (including phenoxy) is 1. The molecule has 0 spiro atoms. The van der Waals surface area contributed by atoms with E-state index >= 15 is 0 Å². The van der Waals surface area contributed by atoms with Gasteiger partial charge in [-0.2, -0.15) is 5.26 Å². The molecule has 0 N–H and O–H groups in total. The fourth-order valence-electron chi connectivity index (χ4n) is 1.94. The minimum atomic E-state index is -0.704. The Morgan fingerprint density at radius 1 is 1.36 bits per heavy atom. The summed E-state index contributed by atoms with van der Waals surface area (Å²) in [5.74, 6) is 0.0740. The van der Waals surface area contributed by atoms with Gasteiger partial charge in [0.1, 0.15) is 23.2 Å². The molecule has 0 bridgehead atoms. The van der Waals surface area contributed by atoms with Crippen LogP contribution in [0.3, 0.4) is 0 Å². The topological polar surface area (TPSA) is 106 Å². The first kappa shape index (κ1) is 17.9. The summed E-state index contributed by atoms with van der Waals surface area (Å²) in [4.78, 5) is 22.1. The van der Waals surface area contributed by atoms with Crippen molar-refractivity contribution >= 4 is 17.7 Å². The highest BCUT2D eigenvalue weighted by atomic mass is 16.6. The highest BCUT2D eigenvalue weighted by Crippen LogP contribution is 2.25. The van der Waals surface area contributed by atoms with Crippen molar-refractivity contribution in [1.82, 2.24) is 0 Å². The highest BCUT2D eigenvalue weighted by molar-refractivity contribution is 5.97. The van der Waals surface area contributed by atoms with Crippen molar-refractivity contribution in [3.63, 3.8) is 0 Å². The Bertz CT molecular complexity index is 843. The molecule has 0 fully saturated rings. The minimum absolute atomic E-state index is 0.0185. The number of benzene rings is 1. The van der Waals surface area contributed by atoms with Crippen LogP contribution < -0.4 is 0 Å². The normalized spacial score (nSPS) is 12.3. The third kappa shape index (κ3) is 4.54. The summed E-state index contributed by atoms with van der Waals surface area (Å²) in [5, 5.41) is 19.8. The third-order valence-corrected chi connectivity index (χ3v) is 3.50. The van der Waals surface area contributed by atoms with Crippen LogP contribution in [0, 0.1) is 21.4 Å². The molecular weight excluding hydrogens is 324 g/mol. The molecule has 0 aliphatic rings. The van der Waals surface area contributed by atoms with Gasteiger partial charge in [0.15, 0.2) is 0 Å². The summed E-state index contributed by atoms with van der Waals surface area (Å²) in [5.41, 5.74) is 0.464. The van der Waals surface area contributed by atoms with Gasteiger partial charge in [0.25, 0.3) is 5.69 Å². The summed E-state index contributed by atoms with van der Waals surface area (Å²) in [7, 11) is 0. The predicted molar refractivity (Wildman–Crippen MR) is 90.2 cm³/mol. The second-order valence-electron chi connectivity index (χ2n) is 5.30. The van der Waals surface area contributed by atoms with Crippen LogP contribution in [0.1, 0.15) is 26.0 Å². The van der Waals surface area contributed by atoms with E-state index in [9.17, 15) is 14.9 Å². The number of nitrogens with zero attached hydrogens (tertiary/aromatic N) is 2. The van der Waals surface area contributed by atoms with Gasteiger partial charge in [0, 0.05) is 23.8 Å². The molecule has 0 aliphatic carbocycles. The summed E-state index contributed by atoms with van der Waals surface area (Å²) in [6, 6.07) is 10.9. The van der Waals surface area contributed by atoms with Gasteiger partial charge in [-0.05, 0) is 37.6 Å². The molecule has 0 saturated carbocycles. The van der Waals surface area contributed by atoms with Gasteiger partial charge in [-0.25, -0.2) is 4.79 Å². The van der Waals surface area contributed by atoms with E-state index in [2.05, 4.69) is 0 Å². The fraction of sp³-hybridized carbons (Fsp3) is 0.222. The molecular formula is C18H16N2O5. The fourth-order valence-corrected chi connectivity index (χ4v) is 1.94. The van der Waals surface area contributed by atoms with Crippen molar-refractivity contribution < 1.29 is 18.9 Å². The van der Waals surface area contributed by atoms with E-state index in [-0.39, 0.29) is 17.4 Å². The SMILES string of the molecule is CC[C@@H](C)OC(=O)/C(C#N)=C\c1ccc(-c2ccc([N+](=O)[O-])cc2)o1. The second kappa shape index (κ2) is 7.93. The lowest BCUT2D eigenvalue weighted by Crippen LogP contribution is -2.15. The van der Waals surface area contributed by atoms with E-state index in [1.807, 2.05) is 6.92 Å². The smallest absolute Gasteiger partial charge is 0.349 e. The van der Waals surface area contributed by atoms with Gasteiger partial charge >= 0.3 is 5.97 Å². The molecule has 0 amide bonds. The molecule has 0 aliphatic heterocycles. The number of furan rings is 1. The van der Waals surface area contributed by atoms with Crippen molar-refractivity contribution in [2.45, 2.75) is 26.4 Å². The van der Waals surface area contributed by atoms with Crippen molar-refractivity contribution in [2.24, 2.45) is 0 Å². The molecule has 1 aromatic carbocycles. The predicted octanol–water partition coefficient (Wildman–Crippen LogP) is 4.10. The van der Waals surface area contributed by atoms with Crippen molar-refractivity contribution in [2.75, 3.05) is 0 Å². The van der Waals surface area contributed by atoms with Gasteiger partial charge in [0.05, 0.1) is 11.0 Å². The summed E-state index contributed by atoms with van der Waals surface area (Å²) < 4.78 is 10.7. The first-order valence-corrected chi connectivity index (χ1v) is 7.62. The molecule has 2 aromatic rings.